The van der Waals surface area contributed by atoms with Gasteiger partial charge in [0.1, 0.15) is 4.47 Å². The van der Waals surface area contributed by atoms with Crippen molar-refractivity contribution in [3.63, 3.8) is 0 Å². The molecule has 1 rings (SSSR count). The summed E-state index contributed by atoms with van der Waals surface area (Å²) in [6.07, 6.45) is 4.94. The van der Waals surface area contributed by atoms with Gasteiger partial charge in [0.2, 0.25) is 0 Å². The molecule has 0 radical (unpaired) electrons. The van der Waals surface area contributed by atoms with Crippen molar-refractivity contribution in [3.8, 4) is 0 Å². The maximum absolute atomic E-state index is 11.6. The third-order valence-electron chi connectivity index (χ3n) is 2.57. The summed E-state index contributed by atoms with van der Waals surface area (Å²) < 4.78 is 1.87. The smallest absolute Gasteiger partial charge is 0.282 e. The van der Waals surface area contributed by atoms with Crippen molar-refractivity contribution in [3.05, 3.63) is 21.0 Å². The molecule has 0 spiro atoms. The van der Waals surface area contributed by atoms with Gasteiger partial charge in [-0.2, -0.15) is 5.10 Å². The summed E-state index contributed by atoms with van der Waals surface area (Å²) in [7, 11) is 1.64. The molecule has 5 heteroatoms. The molecule has 90 valence electrons. The molecule has 0 amide bonds. The summed E-state index contributed by atoms with van der Waals surface area (Å²) >= 11 is 3.30. The first-order valence-corrected chi connectivity index (χ1v) is 6.37. The summed E-state index contributed by atoms with van der Waals surface area (Å²) in [6.45, 7) is 4.29. The van der Waals surface area contributed by atoms with Crippen molar-refractivity contribution in [1.29, 1.82) is 0 Å². The highest BCUT2D eigenvalue weighted by Crippen LogP contribution is 2.19. The zero-order valence-electron chi connectivity index (χ0n) is 9.96. The third kappa shape index (κ3) is 3.07. The summed E-state index contributed by atoms with van der Waals surface area (Å²) in [5.41, 5.74) is 0.666. The normalized spacial score (nSPS) is 12.5. The Bertz CT molecular complexity index is 403. The van der Waals surface area contributed by atoms with Crippen molar-refractivity contribution in [2.45, 2.75) is 39.2 Å². The first kappa shape index (κ1) is 13.2. The number of nitrogens with one attached hydrogen (secondary N) is 1. The maximum Gasteiger partial charge on any atom is 0.282 e. The first-order chi connectivity index (χ1) is 7.60. The van der Waals surface area contributed by atoms with Gasteiger partial charge in [-0.25, -0.2) is 4.68 Å². The molecule has 1 aromatic rings. The Morgan fingerprint density at radius 3 is 2.81 bits per heavy atom. The molecule has 0 aliphatic carbocycles. The lowest BCUT2D eigenvalue weighted by molar-refractivity contribution is 0.619. The molecule has 0 fully saturated rings. The Morgan fingerprint density at radius 2 is 2.25 bits per heavy atom. The number of aryl methyl sites for hydroxylation is 1. The second-order valence-corrected chi connectivity index (χ2v) is 4.63. The molecule has 0 saturated heterocycles. The third-order valence-corrected chi connectivity index (χ3v) is 3.33. The quantitative estimate of drug-likeness (QED) is 0.905. The van der Waals surface area contributed by atoms with E-state index in [0.717, 1.165) is 24.9 Å². The lowest BCUT2D eigenvalue weighted by Gasteiger charge is -2.18. The second kappa shape index (κ2) is 6.03. The summed E-state index contributed by atoms with van der Waals surface area (Å²) in [6, 6.07) is 0.398. The van der Waals surface area contributed by atoms with Crippen LogP contribution in [0.4, 0.5) is 5.69 Å². The molecule has 1 atom stereocenters. The van der Waals surface area contributed by atoms with Crippen LogP contribution in [-0.4, -0.2) is 15.8 Å². The predicted molar refractivity (Wildman–Crippen MR) is 69.8 cm³/mol. The van der Waals surface area contributed by atoms with E-state index >= 15 is 0 Å². The monoisotopic (exact) mass is 287 g/mol. The molecule has 16 heavy (non-hydrogen) atoms. The van der Waals surface area contributed by atoms with Crippen LogP contribution >= 0.6 is 15.9 Å². The Kier molecular flexibility index (Phi) is 4.99. The van der Waals surface area contributed by atoms with E-state index in [1.807, 2.05) is 0 Å². The van der Waals surface area contributed by atoms with Gasteiger partial charge in [-0.3, -0.25) is 4.79 Å². The van der Waals surface area contributed by atoms with Crippen LogP contribution in [0.5, 0.6) is 0 Å². The summed E-state index contributed by atoms with van der Waals surface area (Å²) in [4.78, 5) is 11.6. The van der Waals surface area contributed by atoms with Gasteiger partial charge in [-0.15, -0.1) is 0 Å². The van der Waals surface area contributed by atoms with Gasteiger partial charge in [0.05, 0.1) is 11.9 Å². The predicted octanol–water partition coefficient (Wildman–Crippen LogP) is 2.53. The van der Waals surface area contributed by atoms with Crippen molar-refractivity contribution in [2.24, 2.45) is 7.05 Å². The van der Waals surface area contributed by atoms with E-state index in [1.165, 1.54) is 4.68 Å². The minimum absolute atomic E-state index is 0.114. The number of hydrogen-bond acceptors (Lipinski definition) is 3. The van der Waals surface area contributed by atoms with E-state index in [9.17, 15) is 4.79 Å². The molecule has 0 saturated carbocycles. The molecule has 0 aromatic carbocycles. The van der Waals surface area contributed by atoms with E-state index in [1.54, 1.807) is 13.2 Å². The summed E-state index contributed by atoms with van der Waals surface area (Å²) in [5.74, 6) is 0. The van der Waals surface area contributed by atoms with Crippen LogP contribution in [0.1, 0.15) is 33.1 Å². The van der Waals surface area contributed by atoms with Crippen LogP contribution in [0, 0.1) is 0 Å². The molecule has 0 aliphatic heterocycles. The molecule has 4 nitrogen and oxygen atoms in total. The molecular formula is C11H18BrN3O. The van der Waals surface area contributed by atoms with Crippen molar-refractivity contribution >= 4 is 21.6 Å². The van der Waals surface area contributed by atoms with Gasteiger partial charge in [-0.1, -0.05) is 20.3 Å². The maximum atomic E-state index is 11.6. The standard InChI is InChI=1S/C11H18BrN3O/c1-4-6-8(5-2)14-9-7-13-15(3)11(16)10(9)12/h7-8,14H,4-6H2,1-3H3. The molecule has 1 heterocycles. The van der Waals surface area contributed by atoms with Gasteiger partial charge >= 0.3 is 0 Å². The molecule has 1 N–H and O–H groups in total. The van der Waals surface area contributed by atoms with Crippen molar-refractivity contribution in [2.75, 3.05) is 5.32 Å². The fraction of sp³-hybridized carbons (Fsp3) is 0.636. The zero-order valence-corrected chi connectivity index (χ0v) is 11.5. The van der Waals surface area contributed by atoms with E-state index in [0.29, 0.717) is 10.5 Å². The highest BCUT2D eigenvalue weighted by molar-refractivity contribution is 9.10. The molecule has 0 aliphatic rings. The van der Waals surface area contributed by atoms with Crippen LogP contribution in [0.25, 0.3) is 0 Å². The second-order valence-electron chi connectivity index (χ2n) is 3.84. The van der Waals surface area contributed by atoms with Crippen molar-refractivity contribution in [1.82, 2.24) is 9.78 Å². The van der Waals surface area contributed by atoms with Gasteiger partial charge in [0.25, 0.3) is 5.56 Å². The topological polar surface area (TPSA) is 46.9 Å². The van der Waals surface area contributed by atoms with Crippen LogP contribution in [0.2, 0.25) is 0 Å². The zero-order chi connectivity index (χ0) is 12.1. The fourth-order valence-corrected chi connectivity index (χ4v) is 2.03. The number of aromatic nitrogens is 2. The molecule has 0 bridgehead atoms. The van der Waals surface area contributed by atoms with E-state index < -0.39 is 0 Å². The Hall–Kier alpha value is -0.840. The Morgan fingerprint density at radius 1 is 1.56 bits per heavy atom. The van der Waals surface area contributed by atoms with Gasteiger partial charge in [-0.05, 0) is 28.8 Å². The average Bonchev–Trinajstić information content (AvgIpc) is 2.29. The SMILES string of the molecule is CCCC(CC)Nc1cnn(C)c(=O)c1Br. The van der Waals surface area contributed by atoms with Crippen LogP contribution in [-0.2, 0) is 7.05 Å². The number of anilines is 1. The largest absolute Gasteiger partial charge is 0.380 e. The lowest BCUT2D eigenvalue weighted by atomic mass is 10.1. The highest BCUT2D eigenvalue weighted by atomic mass is 79.9. The van der Waals surface area contributed by atoms with Crippen LogP contribution < -0.4 is 10.9 Å². The number of halogens is 1. The van der Waals surface area contributed by atoms with Gasteiger partial charge in [0, 0.05) is 13.1 Å². The van der Waals surface area contributed by atoms with E-state index in [4.69, 9.17) is 0 Å². The number of nitrogens with zero attached hydrogens (tertiary/aromatic N) is 2. The highest BCUT2D eigenvalue weighted by Gasteiger charge is 2.10. The minimum atomic E-state index is -0.114. The molecular weight excluding hydrogens is 270 g/mol. The molecule has 1 aromatic heterocycles. The van der Waals surface area contributed by atoms with Crippen LogP contribution in [0.15, 0.2) is 15.5 Å². The molecule has 1 unspecified atom stereocenters. The van der Waals surface area contributed by atoms with Crippen molar-refractivity contribution < 1.29 is 0 Å². The first-order valence-electron chi connectivity index (χ1n) is 5.58. The number of hydrogen-bond donors (Lipinski definition) is 1. The van der Waals surface area contributed by atoms with Gasteiger partial charge in [0.15, 0.2) is 0 Å². The van der Waals surface area contributed by atoms with Crippen LogP contribution in [0.3, 0.4) is 0 Å². The van der Waals surface area contributed by atoms with Gasteiger partial charge < -0.3 is 5.32 Å². The minimum Gasteiger partial charge on any atom is -0.380 e. The fourth-order valence-electron chi connectivity index (χ4n) is 1.56. The van der Waals surface area contributed by atoms with E-state index in [2.05, 4.69) is 40.2 Å². The Labute approximate surface area is 104 Å². The Balaban J connectivity index is 2.89. The average molecular weight is 288 g/mol. The lowest BCUT2D eigenvalue weighted by Crippen LogP contribution is -2.24. The summed E-state index contributed by atoms with van der Waals surface area (Å²) in [5, 5.41) is 7.34. The van der Waals surface area contributed by atoms with E-state index in [-0.39, 0.29) is 5.56 Å². The number of rotatable bonds is 5.